The van der Waals surface area contributed by atoms with Crippen LogP contribution in [0.4, 0.5) is 0 Å². The van der Waals surface area contributed by atoms with Gasteiger partial charge in [-0.2, -0.15) is 8.75 Å². The van der Waals surface area contributed by atoms with Crippen LogP contribution in [0.3, 0.4) is 0 Å². The molecule has 0 unspecified atom stereocenters. The minimum Gasteiger partial charge on any atom is -0.379 e. The van der Waals surface area contributed by atoms with E-state index >= 15 is 0 Å². The van der Waals surface area contributed by atoms with Crippen LogP contribution >= 0.6 is 11.7 Å². The molecule has 0 saturated carbocycles. The van der Waals surface area contributed by atoms with Gasteiger partial charge in [-0.1, -0.05) is 30.3 Å². The zero-order chi connectivity index (χ0) is 15.7. The molecule has 0 aliphatic carbocycles. The van der Waals surface area contributed by atoms with Gasteiger partial charge in [-0.3, -0.25) is 9.80 Å². The van der Waals surface area contributed by atoms with Gasteiger partial charge in [-0.25, -0.2) is 0 Å². The van der Waals surface area contributed by atoms with Crippen molar-refractivity contribution in [3.05, 3.63) is 47.8 Å². The van der Waals surface area contributed by atoms with Crippen molar-refractivity contribution in [3.8, 4) is 0 Å². The Morgan fingerprint density at radius 3 is 2.39 bits per heavy atom. The molecule has 1 aromatic carbocycles. The van der Waals surface area contributed by atoms with Gasteiger partial charge in [-0.05, 0) is 25.1 Å². The predicted molar refractivity (Wildman–Crippen MR) is 92.3 cm³/mol. The molecule has 2 aromatic rings. The highest BCUT2D eigenvalue weighted by Crippen LogP contribution is 2.08. The Bertz CT molecular complexity index is 549. The second-order valence-corrected chi connectivity index (χ2v) is 6.46. The highest BCUT2D eigenvalue weighted by Gasteiger charge is 2.12. The lowest BCUT2D eigenvalue weighted by Crippen LogP contribution is -2.35. The van der Waals surface area contributed by atoms with Crippen molar-refractivity contribution in [1.82, 2.24) is 18.5 Å². The second kappa shape index (κ2) is 9.08. The molecule has 1 aliphatic rings. The summed E-state index contributed by atoms with van der Waals surface area (Å²) in [5.74, 6) is 0. The molecule has 6 heteroatoms. The number of aromatic nitrogens is 2. The summed E-state index contributed by atoms with van der Waals surface area (Å²) in [4.78, 5) is 4.91. The SMILES string of the molecule is c1ccc(CN2CCCN(Cc3cnsn3)CCOCC2)cc1. The van der Waals surface area contributed by atoms with E-state index in [2.05, 4.69) is 48.9 Å². The molecular weight excluding hydrogens is 308 g/mol. The van der Waals surface area contributed by atoms with Gasteiger partial charge < -0.3 is 4.74 Å². The fourth-order valence-corrected chi connectivity index (χ4v) is 3.30. The summed E-state index contributed by atoms with van der Waals surface area (Å²) < 4.78 is 14.2. The van der Waals surface area contributed by atoms with Crippen LogP contribution in [0.25, 0.3) is 0 Å². The van der Waals surface area contributed by atoms with Crippen LogP contribution in [-0.4, -0.2) is 57.9 Å². The van der Waals surface area contributed by atoms with Crippen molar-refractivity contribution in [2.24, 2.45) is 0 Å². The van der Waals surface area contributed by atoms with Gasteiger partial charge in [0.1, 0.15) is 0 Å². The van der Waals surface area contributed by atoms with E-state index < -0.39 is 0 Å². The minimum absolute atomic E-state index is 0.788. The third-order valence-corrected chi connectivity index (χ3v) is 4.61. The molecule has 1 saturated heterocycles. The van der Waals surface area contributed by atoms with E-state index in [-0.39, 0.29) is 0 Å². The maximum Gasteiger partial charge on any atom is 0.0883 e. The third-order valence-electron chi connectivity index (χ3n) is 4.09. The van der Waals surface area contributed by atoms with Gasteiger partial charge in [0.2, 0.25) is 0 Å². The minimum atomic E-state index is 0.788. The summed E-state index contributed by atoms with van der Waals surface area (Å²) in [5.41, 5.74) is 2.43. The fraction of sp³-hybridized carbons (Fsp3) is 0.529. The summed E-state index contributed by atoms with van der Waals surface area (Å²) in [6.07, 6.45) is 3.04. The Labute approximate surface area is 142 Å². The van der Waals surface area contributed by atoms with Gasteiger partial charge in [0.15, 0.2) is 0 Å². The van der Waals surface area contributed by atoms with Crippen LogP contribution in [0, 0.1) is 0 Å². The molecule has 0 bridgehead atoms. The van der Waals surface area contributed by atoms with Crippen molar-refractivity contribution in [1.29, 1.82) is 0 Å². The number of benzene rings is 1. The molecule has 3 rings (SSSR count). The number of rotatable bonds is 4. The van der Waals surface area contributed by atoms with Crippen LogP contribution in [0.1, 0.15) is 17.7 Å². The van der Waals surface area contributed by atoms with Gasteiger partial charge in [0.05, 0.1) is 36.8 Å². The number of hydrogen-bond donors (Lipinski definition) is 0. The molecular formula is C17H24N4OS. The van der Waals surface area contributed by atoms with Gasteiger partial charge in [0, 0.05) is 26.2 Å². The van der Waals surface area contributed by atoms with E-state index in [0.717, 1.165) is 58.2 Å². The van der Waals surface area contributed by atoms with E-state index in [0.29, 0.717) is 0 Å². The molecule has 0 atom stereocenters. The van der Waals surface area contributed by atoms with Gasteiger partial charge in [0.25, 0.3) is 0 Å². The quantitative estimate of drug-likeness (QED) is 0.859. The Hall–Kier alpha value is -1.34. The molecule has 0 radical (unpaired) electrons. The van der Waals surface area contributed by atoms with Crippen LogP contribution in [0.5, 0.6) is 0 Å². The van der Waals surface area contributed by atoms with E-state index in [1.165, 1.54) is 23.7 Å². The van der Waals surface area contributed by atoms with Crippen molar-refractivity contribution < 1.29 is 4.74 Å². The standard InChI is InChI=1S/C17H24N4OS/c1-2-5-16(6-3-1)14-20-7-4-8-21(10-12-22-11-9-20)15-17-13-18-23-19-17/h1-3,5-6,13H,4,7-12,14-15H2. The summed E-state index contributed by atoms with van der Waals surface area (Å²) >= 11 is 1.28. The average Bonchev–Trinajstić information content (AvgIpc) is 3.08. The first-order chi connectivity index (χ1) is 11.4. The highest BCUT2D eigenvalue weighted by molar-refractivity contribution is 6.99. The molecule has 5 nitrogen and oxygen atoms in total. The summed E-state index contributed by atoms with van der Waals surface area (Å²) in [6.45, 7) is 7.62. The maximum absolute atomic E-state index is 5.81. The average molecular weight is 332 g/mol. The van der Waals surface area contributed by atoms with Crippen LogP contribution in [-0.2, 0) is 17.8 Å². The first-order valence-corrected chi connectivity index (χ1v) is 8.96. The zero-order valence-electron chi connectivity index (χ0n) is 13.4. The molecule has 1 aliphatic heterocycles. The number of nitrogens with zero attached hydrogens (tertiary/aromatic N) is 4. The van der Waals surface area contributed by atoms with Gasteiger partial charge >= 0.3 is 0 Å². The second-order valence-electron chi connectivity index (χ2n) is 5.90. The first-order valence-electron chi connectivity index (χ1n) is 8.23. The Balaban J connectivity index is 1.51. The smallest absolute Gasteiger partial charge is 0.0883 e. The third kappa shape index (κ3) is 5.66. The van der Waals surface area contributed by atoms with E-state index in [4.69, 9.17) is 4.74 Å². The molecule has 0 N–H and O–H groups in total. The van der Waals surface area contributed by atoms with Crippen LogP contribution in [0.15, 0.2) is 36.5 Å². The Morgan fingerprint density at radius 2 is 1.70 bits per heavy atom. The summed E-state index contributed by atoms with van der Waals surface area (Å²) in [6, 6.07) is 10.7. The van der Waals surface area contributed by atoms with Gasteiger partial charge in [-0.15, -0.1) is 0 Å². The number of ether oxygens (including phenoxy) is 1. The lowest BCUT2D eigenvalue weighted by Gasteiger charge is -2.27. The summed E-state index contributed by atoms with van der Waals surface area (Å²) in [5, 5.41) is 0. The molecule has 2 heterocycles. The van der Waals surface area contributed by atoms with Crippen molar-refractivity contribution in [2.75, 3.05) is 39.4 Å². The first kappa shape index (κ1) is 16.5. The maximum atomic E-state index is 5.81. The monoisotopic (exact) mass is 332 g/mol. The lowest BCUT2D eigenvalue weighted by molar-refractivity contribution is 0.0654. The summed E-state index contributed by atoms with van der Waals surface area (Å²) in [7, 11) is 0. The molecule has 124 valence electrons. The molecule has 1 aromatic heterocycles. The van der Waals surface area contributed by atoms with Crippen molar-refractivity contribution in [2.45, 2.75) is 19.5 Å². The molecule has 0 spiro atoms. The van der Waals surface area contributed by atoms with Crippen LogP contribution in [0.2, 0.25) is 0 Å². The molecule has 0 amide bonds. The number of hydrogen-bond acceptors (Lipinski definition) is 6. The largest absolute Gasteiger partial charge is 0.379 e. The van der Waals surface area contributed by atoms with E-state index in [1.807, 2.05) is 6.20 Å². The highest BCUT2D eigenvalue weighted by atomic mass is 32.1. The normalized spacial score (nSPS) is 18.8. The lowest BCUT2D eigenvalue weighted by atomic mass is 10.2. The topological polar surface area (TPSA) is 41.5 Å². The van der Waals surface area contributed by atoms with E-state index in [1.54, 1.807) is 0 Å². The van der Waals surface area contributed by atoms with E-state index in [9.17, 15) is 0 Å². The predicted octanol–water partition coefficient (Wildman–Crippen LogP) is 2.26. The molecule has 1 fully saturated rings. The molecule has 23 heavy (non-hydrogen) atoms. The fourth-order valence-electron chi connectivity index (χ4n) is 2.87. The van der Waals surface area contributed by atoms with Crippen molar-refractivity contribution >= 4 is 11.7 Å². The Morgan fingerprint density at radius 1 is 0.957 bits per heavy atom. The zero-order valence-corrected chi connectivity index (χ0v) is 14.2. The van der Waals surface area contributed by atoms with Crippen molar-refractivity contribution in [3.63, 3.8) is 0 Å². The van der Waals surface area contributed by atoms with Crippen LogP contribution < -0.4 is 0 Å². The Kier molecular flexibility index (Phi) is 6.52.